The number of carbonyl (C=O) groups excluding carboxylic acids is 1. The molecule has 1 aromatic rings. The second-order valence-corrected chi connectivity index (χ2v) is 4.60. The fourth-order valence-corrected chi connectivity index (χ4v) is 2.34. The summed E-state index contributed by atoms with van der Waals surface area (Å²) in [5.41, 5.74) is 5.36. The Balaban J connectivity index is 1.92. The monoisotopic (exact) mass is 238 g/mol. The van der Waals surface area contributed by atoms with Crippen molar-refractivity contribution in [2.45, 2.75) is 39.2 Å². The summed E-state index contributed by atoms with van der Waals surface area (Å²) >= 11 is 0. The highest BCUT2D eigenvalue weighted by atomic mass is 16.5. The second kappa shape index (κ2) is 4.83. The number of aryl methyl sites for hydroxylation is 1. The first-order valence-corrected chi connectivity index (χ1v) is 5.94. The molecule has 0 atom stereocenters. The molecule has 1 heterocycles. The molecule has 1 aliphatic carbocycles. The van der Waals surface area contributed by atoms with Gasteiger partial charge in [0.1, 0.15) is 0 Å². The number of hydrogen-bond acceptors (Lipinski definition) is 5. The number of nitrogens with zero attached hydrogens (tertiary/aromatic N) is 2. The highest BCUT2D eigenvalue weighted by molar-refractivity contribution is 5.83. The van der Waals surface area contributed by atoms with Gasteiger partial charge in [-0.3, -0.25) is 4.79 Å². The van der Waals surface area contributed by atoms with Crippen LogP contribution in [0.5, 0.6) is 0 Å². The molecule has 17 heavy (non-hydrogen) atoms. The zero-order valence-corrected chi connectivity index (χ0v) is 10.0. The van der Waals surface area contributed by atoms with E-state index in [1.165, 1.54) is 0 Å². The highest BCUT2D eigenvalue weighted by Gasteiger charge is 2.39. The first-order chi connectivity index (χ1) is 8.16. The molecule has 94 valence electrons. The minimum Gasteiger partial charge on any atom is -0.348 e. The number of nitrogens with one attached hydrogen (secondary N) is 1. The Morgan fingerprint density at radius 2 is 2.24 bits per heavy atom. The molecule has 1 aromatic heterocycles. The molecule has 1 saturated carbocycles. The van der Waals surface area contributed by atoms with E-state index in [1.807, 2.05) is 0 Å². The molecule has 0 aromatic carbocycles. The summed E-state index contributed by atoms with van der Waals surface area (Å²) < 4.78 is 4.84. The molecule has 1 aliphatic rings. The standard InChI is InChI=1S/C11H18N4O2/c1-8-14-9(15-17-8)6-13-10(16)11(7-12)4-2-3-5-11/h2-7,12H2,1H3,(H,13,16). The lowest BCUT2D eigenvalue weighted by atomic mass is 9.85. The minimum absolute atomic E-state index is 0.0138. The molecule has 1 amide bonds. The molecule has 0 radical (unpaired) electrons. The van der Waals surface area contributed by atoms with Crippen molar-refractivity contribution in [2.75, 3.05) is 6.54 Å². The van der Waals surface area contributed by atoms with Crippen molar-refractivity contribution >= 4 is 5.91 Å². The lowest BCUT2D eigenvalue weighted by Gasteiger charge is -2.25. The zero-order chi connectivity index (χ0) is 12.3. The fourth-order valence-electron chi connectivity index (χ4n) is 2.34. The smallest absolute Gasteiger partial charge is 0.227 e. The van der Waals surface area contributed by atoms with Crippen LogP contribution in [-0.4, -0.2) is 22.6 Å². The van der Waals surface area contributed by atoms with Crippen molar-refractivity contribution in [2.24, 2.45) is 11.1 Å². The lowest BCUT2D eigenvalue weighted by molar-refractivity contribution is -0.130. The maximum atomic E-state index is 12.1. The largest absolute Gasteiger partial charge is 0.348 e. The summed E-state index contributed by atoms with van der Waals surface area (Å²) in [6, 6.07) is 0. The highest BCUT2D eigenvalue weighted by Crippen LogP contribution is 2.37. The summed E-state index contributed by atoms with van der Waals surface area (Å²) in [6.07, 6.45) is 3.90. The predicted molar refractivity (Wildman–Crippen MR) is 60.8 cm³/mol. The molecule has 6 heteroatoms. The SMILES string of the molecule is Cc1nc(CNC(=O)C2(CN)CCCC2)no1. The number of hydrogen-bond donors (Lipinski definition) is 2. The quantitative estimate of drug-likeness (QED) is 0.797. The Morgan fingerprint density at radius 1 is 1.53 bits per heavy atom. The van der Waals surface area contributed by atoms with Gasteiger partial charge in [-0.2, -0.15) is 4.98 Å². The van der Waals surface area contributed by atoms with Crippen LogP contribution in [0, 0.1) is 12.3 Å². The van der Waals surface area contributed by atoms with Gasteiger partial charge in [0.2, 0.25) is 11.8 Å². The van der Waals surface area contributed by atoms with Crippen LogP contribution in [0.4, 0.5) is 0 Å². The molecule has 2 rings (SSSR count). The van der Waals surface area contributed by atoms with E-state index in [0.29, 0.717) is 24.8 Å². The zero-order valence-electron chi connectivity index (χ0n) is 10.0. The molecular formula is C11H18N4O2. The molecule has 6 nitrogen and oxygen atoms in total. The van der Waals surface area contributed by atoms with E-state index in [1.54, 1.807) is 6.92 Å². The van der Waals surface area contributed by atoms with Crippen LogP contribution in [0.3, 0.4) is 0 Å². The van der Waals surface area contributed by atoms with Crippen molar-refractivity contribution in [3.63, 3.8) is 0 Å². The van der Waals surface area contributed by atoms with Gasteiger partial charge in [0.25, 0.3) is 0 Å². The average Bonchev–Trinajstić information content (AvgIpc) is 2.95. The average molecular weight is 238 g/mol. The summed E-state index contributed by atoms with van der Waals surface area (Å²) in [6.45, 7) is 2.43. The van der Waals surface area contributed by atoms with Gasteiger partial charge < -0.3 is 15.6 Å². The molecule has 0 unspecified atom stereocenters. The van der Waals surface area contributed by atoms with E-state index in [0.717, 1.165) is 25.7 Å². The molecule has 0 bridgehead atoms. The van der Waals surface area contributed by atoms with Crippen LogP contribution in [-0.2, 0) is 11.3 Å². The lowest BCUT2D eigenvalue weighted by Crippen LogP contribution is -2.44. The van der Waals surface area contributed by atoms with Crippen molar-refractivity contribution in [1.82, 2.24) is 15.5 Å². The number of amides is 1. The first kappa shape index (κ1) is 12.0. The van der Waals surface area contributed by atoms with Crippen LogP contribution in [0.25, 0.3) is 0 Å². The van der Waals surface area contributed by atoms with Gasteiger partial charge in [0.05, 0.1) is 12.0 Å². The van der Waals surface area contributed by atoms with Crippen molar-refractivity contribution in [3.8, 4) is 0 Å². The Labute approximate surface area is 99.9 Å². The number of aromatic nitrogens is 2. The normalized spacial score (nSPS) is 18.2. The first-order valence-electron chi connectivity index (χ1n) is 5.94. The number of carbonyl (C=O) groups is 1. The Hall–Kier alpha value is -1.43. The van der Waals surface area contributed by atoms with Gasteiger partial charge in [-0.25, -0.2) is 0 Å². The number of nitrogens with two attached hydrogens (primary N) is 1. The van der Waals surface area contributed by atoms with Crippen LogP contribution in [0.1, 0.15) is 37.4 Å². The summed E-state index contributed by atoms with van der Waals surface area (Å²) in [5.74, 6) is 1.02. The maximum absolute atomic E-state index is 12.1. The Kier molecular flexibility index (Phi) is 3.42. The van der Waals surface area contributed by atoms with Crippen LogP contribution >= 0.6 is 0 Å². The molecule has 0 saturated heterocycles. The summed E-state index contributed by atoms with van der Waals surface area (Å²) in [7, 11) is 0. The van der Waals surface area contributed by atoms with Crippen molar-refractivity contribution in [1.29, 1.82) is 0 Å². The maximum Gasteiger partial charge on any atom is 0.227 e. The molecule has 0 spiro atoms. The van der Waals surface area contributed by atoms with E-state index in [9.17, 15) is 4.79 Å². The molecule has 1 fully saturated rings. The van der Waals surface area contributed by atoms with Gasteiger partial charge in [-0.05, 0) is 12.8 Å². The molecule has 3 N–H and O–H groups in total. The molecule has 0 aliphatic heterocycles. The third-order valence-electron chi connectivity index (χ3n) is 3.41. The van der Waals surface area contributed by atoms with E-state index >= 15 is 0 Å². The van der Waals surface area contributed by atoms with E-state index in [4.69, 9.17) is 10.3 Å². The predicted octanol–water partition coefficient (Wildman–Crippen LogP) is 0.513. The Morgan fingerprint density at radius 3 is 2.76 bits per heavy atom. The third-order valence-corrected chi connectivity index (χ3v) is 3.41. The second-order valence-electron chi connectivity index (χ2n) is 4.60. The van der Waals surface area contributed by atoms with Crippen LogP contribution in [0.15, 0.2) is 4.52 Å². The molecular weight excluding hydrogens is 220 g/mol. The summed E-state index contributed by atoms with van der Waals surface area (Å²) in [5, 5.41) is 6.57. The topological polar surface area (TPSA) is 94.0 Å². The van der Waals surface area contributed by atoms with Gasteiger partial charge in [-0.1, -0.05) is 18.0 Å². The Bertz CT molecular complexity index is 396. The van der Waals surface area contributed by atoms with Gasteiger partial charge >= 0.3 is 0 Å². The van der Waals surface area contributed by atoms with Crippen molar-refractivity contribution < 1.29 is 9.32 Å². The van der Waals surface area contributed by atoms with Crippen LogP contribution < -0.4 is 11.1 Å². The van der Waals surface area contributed by atoms with Gasteiger partial charge in [-0.15, -0.1) is 0 Å². The van der Waals surface area contributed by atoms with E-state index in [-0.39, 0.29) is 11.3 Å². The van der Waals surface area contributed by atoms with E-state index < -0.39 is 0 Å². The van der Waals surface area contributed by atoms with Crippen LogP contribution in [0.2, 0.25) is 0 Å². The van der Waals surface area contributed by atoms with Crippen molar-refractivity contribution in [3.05, 3.63) is 11.7 Å². The van der Waals surface area contributed by atoms with Gasteiger partial charge in [0, 0.05) is 13.5 Å². The summed E-state index contributed by atoms with van der Waals surface area (Å²) in [4.78, 5) is 16.1. The third kappa shape index (κ3) is 2.46. The fraction of sp³-hybridized carbons (Fsp3) is 0.727. The number of rotatable bonds is 4. The minimum atomic E-state index is -0.376. The van der Waals surface area contributed by atoms with E-state index in [2.05, 4.69) is 15.5 Å². The van der Waals surface area contributed by atoms with Gasteiger partial charge in [0.15, 0.2) is 5.82 Å².